The van der Waals surface area contributed by atoms with E-state index in [0.717, 1.165) is 5.56 Å². The van der Waals surface area contributed by atoms with Crippen molar-refractivity contribution in [3.8, 4) is 22.8 Å². The van der Waals surface area contributed by atoms with Crippen LogP contribution in [0.3, 0.4) is 0 Å². The molecule has 0 amide bonds. The number of pyridine rings is 1. The van der Waals surface area contributed by atoms with Gasteiger partial charge in [0.25, 0.3) is 0 Å². The molecule has 9 nitrogen and oxygen atoms in total. The van der Waals surface area contributed by atoms with Gasteiger partial charge in [-0.25, -0.2) is 18.7 Å². The van der Waals surface area contributed by atoms with E-state index in [-0.39, 0.29) is 23.7 Å². The molecule has 0 radical (unpaired) electrons. The number of halogens is 2. The van der Waals surface area contributed by atoms with Gasteiger partial charge in [0, 0.05) is 38.0 Å². The summed E-state index contributed by atoms with van der Waals surface area (Å²) < 4.78 is 42.4. The van der Waals surface area contributed by atoms with E-state index >= 15 is 8.78 Å². The molecule has 0 saturated carbocycles. The van der Waals surface area contributed by atoms with Crippen molar-refractivity contribution in [2.75, 3.05) is 39.3 Å². The first-order valence-corrected chi connectivity index (χ1v) is 10.1. The maximum atomic E-state index is 15.3. The van der Waals surface area contributed by atoms with Crippen molar-refractivity contribution in [3.63, 3.8) is 0 Å². The number of fused-ring (bicyclic) bond motifs is 1. The molecule has 3 heterocycles. The summed E-state index contributed by atoms with van der Waals surface area (Å²) in [5.41, 5.74) is 1.91. The lowest BCUT2D eigenvalue weighted by molar-refractivity contribution is 0.359. The molecule has 33 heavy (non-hydrogen) atoms. The zero-order valence-electron chi connectivity index (χ0n) is 18.6. The van der Waals surface area contributed by atoms with Gasteiger partial charge in [-0.1, -0.05) is 0 Å². The third-order valence-electron chi connectivity index (χ3n) is 5.08. The van der Waals surface area contributed by atoms with Crippen molar-refractivity contribution in [2.45, 2.75) is 0 Å². The number of aromatic nitrogens is 5. The fourth-order valence-corrected chi connectivity index (χ4v) is 3.40. The summed E-state index contributed by atoms with van der Waals surface area (Å²) in [7, 11) is 6.17. The third kappa shape index (κ3) is 4.27. The zero-order chi connectivity index (χ0) is 23.5. The van der Waals surface area contributed by atoms with Gasteiger partial charge >= 0.3 is 0 Å². The molecule has 0 aliphatic rings. The van der Waals surface area contributed by atoms with Gasteiger partial charge in [0.05, 0.1) is 32.3 Å². The fourth-order valence-electron chi connectivity index (χ4n) is 3.40. The zero-order valence-corrected chi connectivity index (χ0v) is 18.6. The fraction of sp³-hybridized carbons (Fsp3) is 0.273. The second-order valence-electron chi connectivity index (χ2n) is 7.18. The predicted octanol–water partition coefficient (Wildman–Crippen LogP) is 3.08. The Morgan fingerprint density at radius 1 is 1.06 bits per heavy atom. The van der Waals surface area contributed by atoms with Crippen LogP contribution in [-0.4, -0.2) is 59.1 Å². The molecule has 0 fully saturated rings. The summed E-state index contributed by atoms with van der Waals surface area (Å²) in [6, 6.07) is 4.52. The number of ether oxygens (including phenoxy) is 2. The summed E-state index contributed by atoms with van der Waals surface area (Å²) in [6.45, 7) is 0.647. The average Bonchev–Trinajstić information content (AvgIpc) is 3.27. The normalized spacial score (nSPS) is 11.1. The molecule has 0 bridgehead atoms. The highest BCUT2D eigenvalue weighted by Gasteiger charge is 2.26. The van der Waals surface area contributed by atoms with Gasteiger partial charge in [0.15, 0.2) is 28.8 Å². The van der Waals surface area contributed by atoms with Crippen molar-refractivity contribution in [1.29, 1.82) is 0 Å². The number of anilines is 2. The standard InChI is InChI=1S/C22H23F2N7O2/c1-25-7-8-31(21-19(23)16(32-3)9-17(33-4)20(21)24)18-6-5-14-22(29-18)28-15(11-26-14)13-10-27-30(2)12-13/h5-6,9-12,25H,7-8H2,1-4H3. The molecule has 4 rings (SSSR count). The van der Waals surface area contributed by atoms with E-state index in [9.17, 15) is 0 Å². The van der Waals surface area contributed by atoms with E-state index in [1.807, 2.05) is 6.20 Å². The maximum Gasteiger partial charge on any atom is 0.191 e. The number of methoxy groups -OCH3 is 2. The summed E-state index contributed by atoms with van der Waals surface area (Å²) in [6.07, 6.45) is 5.12. The second kappa shape index (κ2) is 9.33. The van der Waals surface area contributed by atoms with Gasteiger partial charge < -0.3 is 19.7 Å². The first-order valence-electron chi connectivity index (χ1n) is 10.1. The van der Waals surface area contributed by atoms with Gasteiger partial charge in [-0.2, -0.15) is 5.10 Å². The van der Waals surface area contributed by atoms with Crippen molar-refractivity contribution < 1.29 is 18.3 Å². The molecule has 172 valence electrons. The maximum absolute atomic E-state index is 15.3. The van der Waals surface area contributed by atoms with Gasteiger partial charge in [-0.15, -0.1) is 0 Å². The molecule has 0 aliphatic carbocycles. The molecule has 0 spiro atoms. The summed E-state index contributed by atoms with van der Waals surface area (Å²) in [5.74, 6) is -1.70. The monoisotopic (exact) mass is 455 g/mol. The minimum Gasteiger partial charge on any atom is -0.493 e. The van der Waals surface area contributed by atoms with E-state index in [2.05, 4.69) is 25.4 Å². The van der Waals surface area contributed by atoms with Gasteiger partial charge in [0.2, 0.25) is 0 Å². The quantitative estimate of drug-likeness (QED) is 0.434. The Morgan fingerprint density at radius 2 is 1.79 bits per heavy atom. The van der Waals surface area contributed by atoms with Crippen LogP contribution >= 0.6 is 0 Å². The Bertz CT molecular complexity index is 1270. The van der Waals surface area contributed by atoms with Crippen LogP contribution in [0.25, 0.3) is 22.4 Å². The average molecular weight is 455 g/mol. The number of benzene rings is 1. The first kappa shape index (κ1) is 22.3. The van der Waals surface area contributed by atoms with Crippen LogP contribution in [0.5, 0.6) is 11.5 Å². The number of nitrogens with one attached hydrogen (secondary N) is 1. The lowest BCUT2D eigenvalue weighted by Crippen LogP contribution is -2.29. The van der Waals surface area contributed by atoms with Crippen molar-refractivity contribution >= 4 is 22.7 Å². The van der Waals surface area contributed by atoms with E-state index in [0.29, 0.717) is 29.2 Å². The molecule has 1 N–H and O–H groups in total. The van der Waals surface area contributed by atoms with E-state index in [1.54, 1.807) is 43.3 Å². The molecule has 11 heteroatoms. The Morgan fingerprint density at radius 3 is 2.39 bits per heavy atom. The molecule has 0 atom stereocenters. The number of hydrogen-bond acceptors (Lipinski definition) is 8. The molecule has 0 aliphatic heterocycles. The largest absolute Gasteiger partial charge is 0.493 e. The molecule has 1 aromatic carbocycles. The number of likely N-dealkylation sites (N-methyl/N-ethyl adjacent to an activating group) is 1. The smallest absolute Gasteiger partial charge is 0.191 e. The molecule has 4 aromatic rings. The first-order chi connectivity index (χ1) is 16.0. The van der Waals surface area contributed by atoms with Crippen LogP contribution in [-0.2, 0) is 7.05 Å². The van der Waals surface area contributed by atoms with Crippen LogP contribution < -0.4 is 19.7 Å². The predicted molar refractivity (Wildman–Crippen MR) is 120 cm³/mol. The minimum absolute atomic E-state index is 0.142. The number of hydrogen-bond donors (Lipinski definition) is 1. The Kier molecular flexibility index (Phi) is 6.31. The number of nitrogens with zero attached hydrogens (tertiary/aromatic N) is 6. The second-order valence-corrected chi connectivity index (χ2v) is 7.18. The van der Waals surface area contributed by atoms with Gasteiger partial charge in [-0.3, -0.25) is 9.67 Å². The highest BCUT2D eigenvalue weighted by atomic mass is 19.1. The highest BCUT2D eigenvalue weighted by molar-refractivity contribution is 5.77. The molecule has 0 unspecified atom stereocenters. The van der Waals surface area contributed by atoms with E-state index in [4.69, 9.17) is 9.47 Å². The number of rotatable bonds is 8. The minimum atomic E-state index is -0.857. The Labute approximate surface area is 189 Å². The van der Waals surface area contributed by atoms with Crippen LogP contribution in [0.2, 0.25) is 0 Å². The van der Waals surface area contributed by atoms with Crippen LogP contribution in [0.1, 0.15) is 0 Å². The van der Waals surface area contributed by atoms with Gasteiger partial charge in [-0.05, 0) is 19.2 Å². The SMILES string of the molecule is CNCCN(c1ccc2ncc(-c3cnn(C)c3)nc2n1)c1c(F)c(OC)cc(OC)c1F. The number of aryl methyl sites for hydroxylation is 1. The molecular formula is C22H23F2N7O2. The lowest BCUT2D eigenvalue weighted by Gasteiger charge is -2.26. The van der Waals surface area contributed by atoms with Crippen molar-refractivity contribution in [1.82, 2.24) is 30.0 Å². The Balaban J connectivity index is 1.86. The van der Waals surface area contributed by atoms with Crippen LogP contribution in [0.4, 0.5) is 20.3 Å². The third-order valence-corrected chi connectivity index (χ3v) is 5.08. The topological polar surface area (TPSA) is 90.2 Å². The lowest BCUT2D eigenvalue weighted by atomic mass is 10.2. The molecule has 3 aromatic heterocycles. The summed E-state index contributed by atoms with van der Waals surface area (Å²) in [4.78, 5) is 15.0. The van der Waals surface area contributed by atoms with E-state index in [1.165, 1.54) is 25.2 Å². The van der Waals surface area contributed by atoms with E-state index < -0.39 is 11.6 Å². The van der Waals surface area contributed by atoms with Crippen molar-refractivity contribution in [3.05, 3.63) is 48.4 Å². The van der Waals surface area contributed by atoms with Crippen molar-refractivity contribution in [2.24, 2.45) is 7.05 Å². The summed E-state index contributed by atoms with van der Waals surface area (Å²) in [5, 5.41) is 7.14. The molecule has 0 saturated heterocycles. The Hall–Kier alpha value is -3.86. The summed E-state index contributed by atoms with van der Waals surface area (Å²) >= 11 is 0. The molecular weight excluding hydrogens is 432 g/mol. The van der Waals surface area contributed by atoms with Crippen LogP contribution in [0.15, 0.2) is 36.8 Å². The van der Waals surface area contributed by atoms with Gasteiger partial charge in [0.1, 0.15) is 17.0 Å². The highest BCUT2D eigenvalue weighted by Crippen LogP contribution is 2.39. The van der Waals surface area contributed by atoms with Crippen LogP contribution in [0, 0.1) is 11.6 Å².